The van der Waals surface area contributed by atoms with Crippen molar-refractivity contribution in [2.24, 2.45) is 5.73 Å². The summed E-state index contributed by atoms with van der Waals surface area (Å²) in [5.74, 6) is -0.663. The molecule has 0 saturated carbocycles. The van der Waals surface area contributed by atoms with Gasteiger partial charge in [-0.25, -0.2) is 13.1 Å². The van der Waals surface area contributed by atoms with Gasteiger partial charge in [0.1, 0.15) is 11.3 Å². The minimum atomic E-state index is -3.71. The van der Waals surface area contributed by atoms with Gasteiger partial charge in [-0.3, -0.25) is 19.7 Å². The van der Waals surface area contributed by atoms with Crippen molar-refractivity contribution in [3.63, 3.8) is 0 Å². The smallest absolute Gasteiger partial charge is 0.254 e. The summed E-state index contributed by atoms with van der Waals surface area (Å²) in [4.78, 5) is 37.0. The number of sulfonamides is 1. The molecule has 10 nitrogen and oxygen atoms in total. The topological polar surface area (TPSA) is 148 Å². The maximum Gasteiger partial charge on any atom is 0.254 e. The maximum atomic E-state index is 12.7. The summed E-state index contributed by atoms with van der Waals surface area (Å²) in [5.41, 5.74) is 5.45. The number of nitrogens with one attached hydrogen (secondary N) is 2. The zero-order valence-corrected chi connectivity index (χ0v) is 16.7. The Bertz CT molecular complexity index is 886. The lowest BCUT2D eigenvalue weighted by Crippen LogP contribution is -2.65. The molecule has 1 unspecified atom stereocenters. The molecule has 2 rings (SSSR count). The largest absolute Gasteiger partial charge is 0.497 e. The summed E-state index contributed by atoms with van der Waals surface area (Å²) in [6.07, 6.45) is 0.159. The van der Waals surface area contributed by atoms with Crippen LogP contribution in [-0.4, -0.2) is 62.5 Å². The van der Waals surface area contributed by atoms with Gasteiger partial charge >= 0.3 is 0 Å². The number of benzene rings is 1. The Labute approximate surface area is 163 Å². The van der Waals surface area contributed by atoms with Gasteiger partial charge in [0.15, 0.2) is 0 Å². The number of nitrogens with two attached hydrogens (primary N) is 1. The summed E-state index contributed by atoms with van der Waals surface area (Å²) in [7, 11) is -2.20. The molecule has 0 aromatic heterocycles. The van der Waals surface area contributed by atoms with Crippen LogP contribution in [-0.2, 0) is 26.2 Å². The van der Waals surface area contributed by atoms with E-state index in [2.05, 4.69) is 4.72 Å². The van der Waals surface area contributed by atoms with Gasteiger partial charge in [-0.1, -0.05) is 0 Å². The van der Waals surface area contributed by atoms with E-state index >= 15 is 0 Å². The van der Waals surface area contributed by atoms with Crippen LogP contribution in [0.5, 0.6) is 5.75 Å². The van der Waals surface area contributed by atoms with Crippen LogP contribution < -0.4 is 20.5 Å². The molecule has 0 radical (unpaired) electrons. The number of carbonyl (C=O) groups excluding carboxylic acids is 3. The lowest BCUT2D eigenvalue weighted by atomic mass is 9.99. The number of ether oxygens (including phenoxy) is 1. The summed E-state index contributed by atoms with van der Waals surface area (Å²) in [6, 6.07) is 4.96. The highest BCUT2D eigenvalue weighted by atomic mass is 32.2. The molecule has 4 N–H and O–H groups in total. The molecule has 1 aromatic rings. The Morgan fingerprint density at radius 3 is 2.68 bits per heavy atom. The number of methoxy groups -OCH3 is 1. The fraction of sp³-hybridized carbons (Fsp3) is 0.471. The fourth-order valence-electron chi connectivity index (χ4n) is 2.75. The summed E-state index contributed by atoms with van der Waals surface area (Å²) >= 11 is 0. The minimum Gasteiger partial charge on any atom is -0.497 e. The van der Waals surface area contributed by atoms with Gasteiger partial charge < -0.3 is 15.4 Å². The summed E-state index contributed by atoms with van der Waals surface area (Å²) in [6.45, 7) is 2.36. The summed E-state index contributed by atoms with van der Waals surface area (Å²) in [5, 5.41) is 1.20. The van der Waals surface area contributed by atoms with Crippen molar-refractivity contribution < 1.29 is 27.5 Å². The highest BCUT2D eigenvalue weighted by Crippen LogP contribution is 2.27. The van der Waals surface area contributed by atoms with Gasteiger partial charge in [0, 0.05) is 25.2 Å². The first kappa shape index (κ1) is 21.8. The second-order valence-corrected chi connectivity index (χ2v) is 9.17. The first-order chi connectivity index (χ1) is 13.0. The van der Waals surface area contributed by atoms with Crippen LogP contribution >= 0.6 is 0 Å². The number of hydrogen-bond acceptors (Lipinski definition) is 7. The molecule has 0 saturated heterocycles. The molecular weight excluding hydrogens is 388 g/mol. The van der Waals surface area contributed by atoms with Crippen LogP contribution in [0.4, 0.5) is 0 Å². The van der Waals surface area contributed by atoms with Gasteiger partial charge in [-0.15, -0.1) is 0 Å². The second-order valence-electron chi connectivity index (χ2n) is 6.85. The molecule has 1 atom stereocenters. The molecule has 28 heavy (non-hydrogen) atoms. The Hall–Kier alpha value is -2.50. The quantitative estimate of drug-likeness (QED) is 0.438. The normalized spacial score (nSPS) is 15.9. The highest BCUT2D eigenvalue weighted by Gasteiger charge is 2.41. The van der Waals surface area contributed by atoms with Gasteiger partial charge in [-0.2, -0.15) is 0 Å². The van der Waals surface area contributed by atoms with E-state index in [1.165, 1.54) is 25.9 Å². The van der Waals surface area contributed by atoms with Crippen molar-refractivity contribution in [1.29, 1.82) is 0 Å². The van der Waals surface area contributed by atoms with Gasteiger partial charge in [0.05, 0.1) is 12.4 Å². The van der Waals surface area contributed by atoms with Crippen LogP contribution in [0.15, 0.2) is 18.2 Å². The van der Waals surface area contributed by atoms with Gasteiger partial charge in [0.25, 0.3) is 5.91 Å². The van der Waals surface area contributed by atoms with Gasteiger partial charge in [0.2, 0.25) is 22.3 Å². The molecular formula is C17H24N4O6S. The Morgan fingerprint density at radius 2 is 2.11 bits per heavy atom. The number of amides is 3. The van der Waals surface area contributed by atoms with Gasteiger partial charge in [-0.05, 0) is 37.6 Å². The SMILES string of the molecule is COc1ccc2c(c1)CN(CC(N)(CNS(=O)(=O)C(C)C)C(=O)NC=O)C2=O. The third-order valence-corrected chi connectivity index (χ3v) is 6.30. The van der Waals surface area contributed by atoms with Crippen LogP contribution in [0.1, 0.15) is 29.8 Å². The standard InChI is InChI=1S/C17H24N4O6S/c1-11(2)28(25,26)20-8-17(18,16(24)19-10-22)9-21-7-12-6-13(27-3)4-5-14(12)15(21)23/h4-6,10-11,20H,7-9,18H2,1-3H3,(H,19,22,24). The van der Waals surface area contributed by atoms with E-state index in [4.69, 9.17) is 10.5 Å². The molecule has 0 spiro atoms. The second kappa shape index (κ2) is 8.25. The predicted octanol–water partition coefficient (Wildman–Crippen LogP) is -1.05. The van der Waals surface area contributed by atoms with Crippen LogP contribution in [0, 0.1) is 0 Å². The first-order valence-corrected chi connectivity index (χ1v) is 10.1. The average molecular weight is 412 g/mol. The monoisotopic (exact) mass is 412 g/mol. The number of carbonyl (C=O) groups is 3. The molecule has 3 amide bonds. The van der Waals surface area contributed by atoms with Crippen LogP contribution in [0.25, 0.3) is 0 Å². The summed E-state index contributed by atoms with van der Waals surface area (Å²) < 4.78 is 31.5. The number of rotatable bonds is 9. The number of hydrogen-bond donors (Lipinski definition) is 3. The zero-order valence-electron chi connectivity index (χ0n) is 15.9. The van der Waals surface area contributed by atoms with Crippen LogP contribution in [0.2, 0.25) is 0 Å². The Balaban J connectivity index is 2.24. The zero-order chi connectivity index (χ0) is 21.1. The van der Waals surface area contributed by atoms with Crippen molar-refractivity contribution in [3.05, 3.63) is 29.3 Å². The minimum absolute atomic E-state index is 0.159. The highest BCUT2D eigenvalue weighted by molar-refractivity contribution is 7.90. The van der Waals surface area contributed by atoms with Crippen molar-refractivity contribution in [2.75, 3.05) is 20.2 Å². The molecule has 1 heterocycles. The number of nitrogens with zero attached hydrogens (tertiary/aromatic N) is 1. The molecule has 0 bridgehead atoms. The molecule has 1 aromatic carbocycles. The van der Waals surface area contributed by atoms with Crippen molar-refractivity contribution in [1.82, 2.24) is 14.9 Å². The van der Waals surface area contributed by atoms with Crippen molar-refractivity contribution in [3.8, 4) is 5.75 Å². The van der Waals surface area contributed by atoms with Crippen molar-refractivity contribution >= 4 is 28.2 Å². The van der Waals surface area contributed by atoms with E-state index in [0.29, 0.717) is 16.9 Å². The third-order valence-electron chi connectivity index (χ3n) is 4.52. The number of imide groups is 1. The van der Waals surface area contributed by atoms with Crippen LogP contribution in [0.3, 0.4) is 0 Å². The van der Waals surface area contributed by atoms with E-state index in [1.807, 2.05) is 5.32 Å². The molecule has 0 aliphatic carbocycles. The predicted molar refractivity (Wildman–Crippen MR) is 101 cm³/mol. The number of fused-ring (bicyclic) bond motifs is 1. The third kappa shape index (κ3) is 4.49. The molecule has 11 heteroatoms. The lowest BCUT2D eigenvalue weighted by Gasteiger charge is -2.32. The van der Waals surface area contributed by atoms with E-state index in [9.17, 15) is 22.8 Å². The van der Waals surface area contributed by atoms with E-state index < -0.39 is 33.3 Å². The van der Waals surface area contributed by atoms with E-state index in [-0.39, 0.29) is 25.4 Å². The van der Waals surface area contributed by atoms with Crippen molar-refractivity contribution in [2.45, 2.75) is 31.2 Å². The maximum absolute atomic E-state index is 12.7. The molecule has 1 aliphatic heterocycles. The molecule has 0 fully saturated rings. The average Bonchev–Trinajstić information content (AvgIpc) is 2.95. The van der Waals surface area contributed by atoms with E-state index in [1.54, 1.807) is 18.2 Å². The molecule has 1 aliphatic rings. The fourth-order valence-corrected chi connectivity index (χ4v) is 3.55. The lowest BCUT2D eigenvalue weighted by molar-refractivity contribution is -0.129. The Kier molecular flexibility index (Phi) is 6.42. The van der Waals surface area contributed by atoms with E-state index in [0.717, 1.165) is 0 Å². The molecule has 154 valence electrons. The Morgan fingerprint density at radius 1 is 1.43 bits per heavy atom. The first-order valence-electron chi connectivity index (χ1n) is 8.52.